The van der Waals surface area contributed by atoms with Gasteiger partial charge in [0, 0.05) is 47.7 Å². The minimum Gasteiger partial charge on any atom is -0.494 e. The number of halogens is 1. The van der Waals surface area contributed by atoms with Gasteiger partial charge in [0.1, 0.15) is 11.6 Å². The molecule has 5 rings (SSSR count). The third-order valence-electron chi connectivity index (χ3n) is 7.89. The van der Waals surface area contributed by atoms with Gasteiger partial charge in [0.05, 0.1) is 17.3 Å². The molecule has 4 aromatic carbocycles. The minimum atomic E-state index is -3.88. The Morgan fingerprint density at radius 1 is 1.02 bits per heavy atom. The summed E-state index contributed by atoms with van der Waals surface area (Å²) in [4.78, 5) is 22.2. The fourth-order valence-electron chi connectivity index (χ4n) is 5.40. The number of aliphatic hydroxyl groups is 1. The lowest BCUT2D eigenvalue weighted by atomic mass is 9.84. The molecular weight excluding hydrogens is 637 g/mol. The average Bonchev–Trinajstić information content (AvgIpc) is 3.50. The molecule has 11 nitrogen and oxygen atoms in total. The Morgan fingerprint density at radius 3 is 2.46 bits per heavy atom. The zero-order valence-electron chi connectivity index (χ0n) is 25.9. The zero-order valence-corrected chi connectivity index (χ0v) is 26.7. The summed E-state index contributed by atoms with van der Waals surface area (Å²) in [6, 6.07) is 27.4. The van der Waals surface area contributed by atoms with Gasteiger partial charge < -0.3 is 19.9 Å². The fraction of sp³-hybridized carbons (Fsp3) is 0.257. The molecule has 1 aliphatic rings. The molecule has 13 heteroatoms. The first kappa shape index (κ1) is 34.1. The average molecular weight is 672 g/mol. The molecule has 48 heavy (non-hydrogen) atoms. The summed E-state index contributed by atoms with van der Waals surface area (Å²) in [6.45, 7) is 0.339. The third-order valence-corrected chi connectivity index (χ3v) is 9.63. The maximum Gasteiger partial charge on any atom is 0.252 e. The molecule has 0 aromatic heterocycles. The predicted molar refractivity (Wildman–Crippen MR) is 178 cm³/mol. The fourth-order valence-corrected chi connectivity index (χ4v) is 6.78. The molecule has 248 valence electrons. The van der Waals surface area contributed by atoms with Crippen molar-refractivity contribution in [2.75, 3.05) is 25.5 Å². The monoisotopic (exact) mass is 671 g/mol. The molecule has 0 aliphatic carbocycles. The standard InChI is InChI=1S/C35H34FN5O6S/c36-30-13-6-4-9-25(30)19-21-38-34(43)35(20-24-48(44,45)28-10-2-1-3-11-28)32(29-12-5-7-14-31(29)40-41-37)47-33(39-35)26-15-17-27(18-16-26)46-23-8-22-42/h1-7,9-18,32,42H,8,19-24H2,(H,38,43)/t32-,35-/m1/s1. The van der Waals surface area contributed by atoms with Gasteiger partial charge >= 0.3 is 0 Å². The van der Waals surface area contributed by atoms with Gasteiger partial charge in [-0.05, 0) is 60.0 Å². The Bertz CT molecular complexity index is 1920. The van der Waals surface area contributed by atoms with Crippen LogP contribution >= 0.6 is 0 Å². The highest BCUT2D eigenvalue weighted by Crippen LogP contribution is 2.46. The van der Waals surface area contributed by atoms with Gasteiger partial charge in [-0.15, -0.1) is 0 Å². The van der Waals surface area contributed by atoms with Crippen molar-refractivity contribution in [2.45, 2.75) is 35.8 Å². The number of nitrogens with zero attached hydrogens (tertiary/aromatic N) is 4. The van der Waals surface area contributed by atoms with Crippen LogP contribution in [0.1, 0.15) is 35.6 Å². The molecule has 1 aliphatic heterocycles. The number of azide groups is 1. The first-order valence-electron chi connectivity index (χ1n) is 15.3. The topological polar surface area (TPSA) is 163 Å². The molecule has 0 bridgehead atoms. The number of aliphatic imine (C=N–C) groups is 1. The highest BCUT2D eigenvalue weighted by Gasteiger charge is 2.54. The van der Waals surface area contributed by atoms with Crippen molar-refractivity contribution in [3.05, 3.63) is 136 Å². The second kappa shape index (κ2) is 15.6. The van der Waals surface area contributed by atoms with Crippen LogP contribution in [0.3, 0.4) is 0 Å². The van der Waals surface area contributed by atoms with Gasteiger partial charge in [-0.2, -0.15) is 0 Å². The Hall–Kier alpha value is -5.23. The van der Waals surface area contributed by atoms with Crippen molar-refractivity contribution >= 4 is 27.3 Å². The summed E-state index contributed by atoms with van der Waals surface area (Å²) < 4.78 is 53.5. The molecule has 2 N–H and O–H groups in total. The van der Waals surface area contributed by atoms with Crippen LogP contribution in [0, 0.1) is 5.82 Å². The van der Waals surface area contributed by atoms with Gasteiger partial charge in [0.25, 0.3) is 5.91 Å². The van der Waals surface area contributed by atoms with E-state index in [4.69, 9.17) is 19.6 Å². The highest BCUT2D eigenvalue weighted by molar-refractivity contribution is 7.91. The highest BCUT2D eigenvalue weighted by atomic mass is 32.2. The summed E-state index contributed by atoms with van der Waals surface area (Å²) >= 11 is 0. The summed E-state index contributed by atoms with van der Waals surface area (Å²) in [5.74, 6) is -0.900. The molecule has 0 saturated carbocycles. The second-order valence-electron chi connectivity index (χ2n) is 11.0. The Labute approximate surface area is 277 Å². The van der Waals surface area contributed by atoms with E-state index in [0.717, 1.165) is 0 Å². The number of hydrogen-bond acceptors (Lipinski definition) is 8. The lowest BCUT2D eigenvalue weighted by Gasteiger charge is -2.31. The number of nitrogens with one attached hydrogen (secondary N) is 1. The van der Waals surface area contributed by atoms with Crippen molar-refractivity contribution in [1.29, 1.82) is 0 Å². The van der Waals surface area contributed by atoms with Gasteiger partial charge in [0.15, 0.2) is 21.5 Å². The maximum atomic E-state index is 14.4. The molecule has 0 spiro atoms. The van der Waals surface area contributed by atoms with Crippen LogP contribution in [0.25, 0.3) is 10.4 Å². The van der Waals surface area contributed by atoms with Crippen LogP contribution in [-0.4, -0.2) is 56.4 Å². The predicted octanol–water partition coefficient (Wildman–Crippen LogP) is 6.01. The number of sulfone groups is 1. The summed E-state index contributed by atoms with van der Waals surface area (Å²) in [5.41, 5.74) is 8.88. The molecule has 4 aromatic rings. The van der Waals surface area contributed by atoms with Crippen molar-refractivity contribution in [3.8, 4) is 5.75 Å². The molecule has 1 heterocycles. The van der Waals surface area contributed by atoms with Crippen molar-refractivity contribution in [2.24, 2.45) is 10.1 Å². The Kier molecular flexibility index (Phi) is 11.1. The van der Waals surface area contributed by atoms with E-state index in [1.54, 1.807) is 84.9 Å². The molecule has 1 amide bonds. The SMILES string of the molecule is [N-]=[N+]=Nc1ccccc1[C@H]1OC(c2ccc(OCCCO)cc2)=N[C@@]1(CCS(=O)(=O)c1ccccc1)C(=O)NCCc1ccccc1F. The Balaban J connectivity index is 1.57. The Morgan fingerprint density at radius 2 is 1.73 bits per heavy atom. The van der Waals surface area contributed by atoms with Crippen molar-refractivity contribution in [3.63, 3.8) is 0 Å². The minimum absolute atomic E-state index is 0.00807. The number of rotatable bonds is 15. The first-order chi connectivity index (χ1) is 23.3. The third kappa shape index (κ3) is 7.83. The number of carbonyl (C=O) groups is 1. The van der Waals surface area contributed by atoms with E-state index in [-0.39, 0.29) is 42.5 Å². The largest absolute Gasteiger partial charge is 0.494 e. The van der Waals surface area contributed by atoms with Gasteiger partial charge in [-0.1, -0.05) is 65.8 Å². The van der Waals surface area contributed by atoms with Gasteiger partial charge in [-0.3, -0.25) is 4.79 Å². The molecular formula is C35H34FN5O6S. The molecule has 0 saturated heterocycles. The van der Waals surface area contributed by atoms with Crippen LogP contribution < -0.4 is 10.1 Å². The van der Waals surface area contributed by atoms with E-state index >= 15 is 0 Å². The zero-order chi connectivity index (χ0) is 34.0. The summed E-state index contributed by atoms with van der Waals surface area (Å²) in [5, 5.41) is 15.7. The van der Waals surface area contributed by atoms with Gasteiger partial charge in [-0.25, -0.2) is 17.8 Å². The van der Waals surface area contributed by atoms with E-state index < -0.39 is 39.0 Å². The van der Waals surface area contributed by atoms with E-state index in [2.05, 4.69) is 15.3 Å². The number of ether oxygens (including phenoxy) is 2. The number of carbonyl (C=O) groups excluding carboxylic acids is 1. The second-order valence-corrected chi connectivity index (χ2v) is 13.1. The number of hydrogen-bond donors (Lipinski definition) is 2. The van der Waals surface area contributed by atoms with Crippen molar-refractivity contribution < 1.29 is 32.2 Å². The molecule has 2 atom stereocenters. The number of benzene rings is 4. The van der Waals surface area contributed by atoms with E-state index in [1.165, 1.54) is 18.2 Å². The smallest absolute Gasteiger partial charge is 0.252 e. The molecule has 0 radical (unpaired) electrons. The normalized spacial score (nSPS) is 17.1. The molecule has 0 fully saturated rings. The lowest BCUT2D eigenvalue weighted by Crippen LogP contribution is -2.49. The maximum absolute atomic E-state index is 14.4. The van der Waals surface area contributed by atoms with Crippen LogP contribution in [-0.2, 0) is 25.8 Å². The lowest BCUT2D eigenvalue weighted by molar-refractivity contribution is -0.129. The quantitative estimate of drug-likeness (QED) is 0.0681. The van der Waals surface area contributed by atoms with Crippen LogP contribution in [0.5, 0.6) is 5.75 Å². The number of aliphatic hydroxyl groups excluding tert-OH is 1. The van der Waals surface area contributed by atoms with Crippen LogP contribution in [0.15, 0.2) is 118 Å². The first-order valence-corrected chi connectivity index (χ1v) is 17.0. The molecule has 0 unspecified atom stereocenters. The van der Waals surface area contributed by atoms with E-state index in [0.29, 0.717) is 35.5 Å². The van der Waals surface area contributed by atoms with Crippen molar-refractivity contribution in [1.82, 2.24) is 5.32 Å². The number of amides is 1. The van der Waals surface area contributed by atoms with E-state index in [9.17, 15) is 23.1 Å². The summed E-state index contributed by atoms with van der Waals surface area (Å²) in [7, 11) is -3.88. The van der Waals surface area contributed by atoms with E-state index in [1.807, 2.05) is 0 Å². The van der Waals surface area contributed by atoms with Crippen LogP contribution in [0.4, 0.5) is 10.1 Å². The summed E-state index contributed by atoms with van der Waals surface area (Å²) in [6.07, 6.45) is -0.860. The van der Waals surface area contributed by atoms with Crippen LogP contribution in [0.2, 0.25) is 0 Å². The van der Waals surface area contributed by atoms with Gasteiger partial charge in [0.2, 0.25) is 5.90 Å².